The summed E-state index contributed by atoms with van der Waals surface area (Å²) < 4.78 is 15.8. The molecular formula is C14H18FN3. The maximum absolute atomic E-state index is 13.9. The molecule has 96 valence electrons. The van der Waals surface area contributed by atoms with Crippen molar-refractivity contribution in [2.75, 3.05) is 6.54 Å². The number of hydrogen-bond acceptors (Lipinski definition) is 2. The smallest absolute Gasteiger partial charge is 0.128 e. The second kappa shape index (κ2) is 5.78. The lowest BCUT2D eigenvalue weighted by Gasteiger charge is -2.20. The molecule has 0 amide bonds. The molecular weight excluding hydrogens is 229 g/mol. The molecule has 0 aliphatic rings. The molecule has 3 nitrogen and oxygen atoms in total. The number of hydrogen-bond donors (Lipinski definition) is 1. The fourth-order valence-corrected chi connectivity index (χ4v) is 2.02. The second-order valence-corrected chi connectivity index (χ2v) is 4.34. The number of aryl methyl sites for hydroxylation is 1. The lowest BCUT2D eigenvalue weighted by atomic mass is 10.0. The highest BCUT2D eigenvalue weighted by atomic mass is 19.1. The summed E-state index contributed by atoms with van der Waals surface area (Å²) in [6, 6.07) is 6.72. The lowest BCUT2D eigenvalue weighted by Crippen LogP contribution is -2.25. The van der Waals surface area contributed by atoms with E-state index in [-0.39, 0.29) is 11.9 Å². The Labute approximate surface area is 107 Å². The fraction of sp³-hybridized carbons (Fsp3) is 0.357. The van der Waals surface area contributed by atoms with Crippen molar-refractivity contribution in [1.82, 2.24) is 14.9 Å². The first-order chi connectivity index (χ1) is 8.74. The molecule has 0 saturated heterocycles. The molecule has 2 aromatic rings. The molecule has 1 atom stereocenters. The van der Waals surface area contributed by atoms with Crippen LogP contribution in [-0.2, 0) is 7.05 Å². The SMILES string of the molecule is CCCNC(c1ccccc1F)c1cncn1C. The molecule has 0 fully saturated rings. The van der Waals surface area contributed by atoms with Crippen molar-refractivity contribution < 1.29 is 4.39 Å². The summed E-state index contributed by atoms with van der Waals surface area (Å²) in [4.78, 5) is 4.11. The first-order valence-electron chi connectivity index (χ1n) is 6.18. The summed E-state index contributed by atoms with van der Waals surface area (Å²) in [5.74, 6) is -0.188. The van der Waals surface area contributed by atoms with E-state index < -0.39 is 0 Å². The van der Waals surface area contributed by atoms with Crippen LogP contribution in [0.5, 0.6) is 0 Å². The highest BCUT2D eigenvalue weighted by Crippen LogP contribution is 2.23. The zero-order chi connectivity index (χ0) is 13.0. The molecule has 4 heteroatoms. The van der Waals surface area contributed by atoms with Crippen LogP contribution in [0.15, 0.2) is 36.8 Å². The first kappa shape index (κ1) is 12.8. The number of nitrogens with zero attached hydrogens (tertiary/aromatic N) is 2. The van der Waals surface area contributed by atoms with Crippen molar-refractivity contribution in [3.05, 3.63) is 53.9 Å². The number of nitrogens with one attached hydrogen (secondary N) is 1. The average molecular weight is 247 g/mol. The molecule has 0 radical (unpaired) electrons. The molecule has 18 heavy (non-hydrogen) atoms. The van der Waals surface area contributed by atoms with E-state index in [4.69, 9.17) is 0 Å². The molecule has 2 rings (SSSR count). The monoisotopic (exact) mass is 247 g/mol. The van der Waals surface area contributed by atoms with Gasteiger partial charge in [-0.2, -0.15) is 0 Å². The van der Waals surface area contributed by atoms with Crippen LogP contribution in [0.2, 0.25) is 0 Å². The Hall–Kier alpha value is -1.68. The maximum atomic E-state index is 13.9. The number of benzene rings is 1. The van der Waals surface area contributed by atoms with Crippen LogP contribution in [0, 0.1) is 5.82 Å². The first-order valence-corrected chi connectivity index (χ1v) is 6.18. The average Bonchev–Trinajstić information content (AvgIpc) is 2.78. The van der Waals surface area contributed by atoms with E-state index >= 15 is 0 Å². The normalized spacial score (nSPS) is 12.6. The van der Waals surface area contributed by atoms with E-state index in [0.29, 0.717) is 5.56 Å². The summed E-state index contributed by atoms with van der Waals surface area (Å²) in [7, 11) is 1.92. The summed E-state index contributed by atoms with van der Waals surface area (Å²) in [6.45, 7) is 2.93. The van der Waals surface area contributed by atoms with E-state index in [9.17, 15) is 4.39 Å². The maximum Gasteiger partial charge on any atom is 0.128 e. The van der Waals surface area contributed by atoms with Crippen molar-refractivity contribution in [3.8, 4) is 0 Å². The standard InChI is InChI=1S/C14H18FN3/c1-3-8-17-14(13-9-16-10-18(13)2)11-6-4-5-7-12(11)15/h4-7,9-10,14,17H,3,8H2,1-2H3. The number of imidazole rings is 1. The summed E-state index contributed by atoms with van der Waals surface area (Å²) in [5.41, 5.74) is 1.63. The van der Waals surface area contributed by atoms with E-state index in [1.54, 1.807) is 18.6 Å². The summed E-state index contributed by atoms with van der Waals surface area (Å²) in [6.07, 6.45) is 4.51. The van der Waals surface area contributed by atoms with Gasteiger partial charge in [-0.25, -0.2) is 9.37 Å². The largest absolute Gasteiger partial charge is 0.336 e. The molecule has 1 aromatic heterocycles. The van der Waals surface area contributed by atoms with Crippen molar-refractivity contribution in [1.29, 1.82) is 0 Å². The van der Waals surface area contributed by atoms with Crippen molar-refractivity contribution in [2.45, 2.75) is 19.4 Å². The summed E-state index contributed by atoms with van der Waals surface area (Å²) >= 11 is 0. The van der Waals surface area contributed by atoms with E-state index in [0.717, 1.165) is 18.7 Å². The van der Waals surface area contributed by atoms with Crippen LogP contribution >= 0.6 is 0 Å². The Morgan fingerprint density at radius 2 is 2.17 bits per heavy atom. The number of rotatable bonds is 5. The lowest BCUT2D eigenvalue weighted by molar-refractivity contribution is 0.529. The van der Waals surface area contributed by atoms with Gasteiger partial charge in [-0.05, 0) is 19.0 Å². The molecule has 0 spiro atoms. The zero-order valence-electron chi connectivity index (χ0n) is 10.7. The minimum absolute atomic E-state index is 0.154. The molecule has 1 heterocycles. The van der Waals surface area contributed by atoms with Gasteiger partial charge in [0.25, 0.3) is 0 Å². The molecule has 1 unspecified atom stereocenters. The van der Waals surface area contributed by atoms with Crippen LogP contribution in [0.1, 0.15) is 30.6 Å². The third-order valence-electron chi connectivity index (χ3n) is 2.96. The van der Waals surface area contributed by atoms with Gasteiger partial charge in [0.05, 0.1) is 24.3 Å². The number of halogens is 1. The van der Waals surface area contributed by atoms with E-state index in [1.165, 1.54) is 6.07 Å². The molecule has 1 N–H and O–H groups in total. The Kier molecular flexibility index (Phi) is 4.10. The minimum atomic E-state index is -0.188. The molecule has 0 aliphatic heterocycles. The predicted octanol–water partition coefficient (Wildman–Crippen LogP) is 2.65. The molecule has 0 aliphatic carbocycles. The van der Waals surface area contributed by atoms with Gasteiger partial charge in [0, 0.05) is 12.6 Å². The van der Waals surface area contributed by atoms with Crippen molar-refractivity contribution in [3.63, 3.8) is 0 Å². The Morgan fingerprint density at radius 3 is 2.78 bits per heavy atom. The molecule has 0 bridgehead atoms. The predicted molar refractivity (Wildman–Crippen MR) is 69.7 cm³/mol. The van der Waals surface area contributed by atoms with Crippen LogP contribution in [-0.4, -0.2) is 16.1 Å². The van der Waals surface area contributed by atoms with Gasteiger partial charge in [0.1, 0.15) is 5.82 Å². The van der Waals surface area contributed by atoms with Gasteiger partial charge >= 0.3 is 0 Å². The van der Waals surface area contributed by atoms with Crippen LogP contribution in [0.25, 0.3) is 0 Å². The second-order valence-electron chi connectivity index (χ2n) is 4.34. The van der Waals surface area contributed by atoms with Gasteiger partial charge in [0.15, 0.2) is 0 Å². The Bertz CT molecular complexity index is 507. The fourth-order valence-electron chi connectivity index (χ4n) is 2.02. The van der Waals surface area contributed by atoms with Crippen molar-refractivity contribution in [2.24, 2.45) is 7.05 Å². The van der Waals surface area contributed by atoms with Gasteiger partial charge < -0.3 is 9.88 Å². The van der Waals surface area contributed by atoms with E-state index in [2.05, 4.69) is 17.2 Å². The van der Waals surface area contributed by atoms with Gasteiger partial charge in [-0.15, -0.1) is 0 Å². The topological polar surface area (TPSA) is 29.9 Å². The van der Waals surface area contributed by atoms with E-state index in [1.807, 2.05) is 23.7 Å². The summed E-state index contributed by atoms with van der Waals surface area (Å²) in [5, 5.41) is 3.37. The Balaban J connectivity index is 2.37. The minimum Gasteiger partial charge on any atom is -0.336 e. The van der Waals surface area contributed by atoms with Crippen molar-refractivity contribution >= 4 is 0 Å². The van der Waals surface area contributed by atoms with Crippen LogP contribution in [0.3, 0.4) is 0 Å². The van der Waals surface area contributed by atoms with Crippen LogP contribution < -0.4 is 5.32 Å². The quantitative estimate of drug-likeness (QED) is 0.880. The highest BCUT2D eigenvalue weighted by molar-refractivity contribution is 5.28. The van der Waals surface area contributed by atoms with Gasteiger partial charge in [-0.1, -0.05) is 25.1 Å². The van der Waals surface area contributed by atoms with Gasteiger partial charge in [-0.3, -0.25) is 0 Å². The Morgan fingerprint density at radius 1 is 1.39 bits per heavy atom. The van der Waals surface area contributed by atoms with Gasteiger partial charge in [0.2, 0.25) is 0 Å². The van der Waals surface area contributed by atoms with Crippen LogP contribution in [0.4, 0.5) is 4.39 Å². The zero-order valence-corrected chi connectivity index (χ0v) is 10.7. The number of aromatic nitrogens is 2. The third-order valence-corrected chi connectivity index (χ3v) is 2.96. The highest BCUT2D eigenvalue weighted by Gasteiger charge is 2.19. The molecule has 1 aromatic carbocycles. The molecule has 0 saturated carbocycles. The third kappa shape index (κ3) is 2.59.